The number of allylic oxidation sites excluding steroid dienone is 12. The molecule has 2 N–H and O–H groups in total. The van der Waals surface area contributed by atoms with Gasteiger partial charge >= 0.3 is 0 Å². The first-order valence-electron chi connectivity index (χ1n) is 10.0. The average Bonchev–Trinajstić information content (AvgIpc) is 2.66. The molecule has 0 aromatic heterocycles. The topological polar surface area (TPSA) is 49.3 Å². The van der Waals surface area contributed by atoms with Crippen molar-refractivity contribution in [2.45, 2.75) is 64.8 Å². The number of hydrogen-bond donors (Lipinski definition) is 2. The Morgan fingerprint density at radius 2 is 1.30 bits per heavy atom. The Bertz CT molecular complexity index is 524. The van der Waals surface area contributed by atoms with Gasteiger partial charge in [-0.15, -0.1) is 0 Å². The Labute approximate surface area is 166 Å². The van der Waals surface area contributed by atoms with Crippen LogP contribution < -0.4 is 5.32 Å². The third kappa shape index (κ3) is 20.0. The second kappa shape index (κ2) is 20.2. The monoisotopic (exact) mass is 371 g/mol. The number of amides is 1. The second-order valence-electron chi connectivity index (χ2n) is 6.28. The molecule has 0 radical (unpaired) electrons. The molecular weight excluding hydrogens is 334 g/mol. The third-order valence-electron chi connectivity index (χ3n) is 3.59. The summed E-state index contributed by atoms with van der Waals surface area (Å²) >= 11 is 0. The Balaban J connectivity index is 3.63. The lowest BCUT2D eigenvalue weighted by Crippen LogP contribution is -2.34. The summed E-state index contributed by atoms with van der Waals surface area (Å²) in [7, 11) is 0. The van der Waals surface area contributed by atoms with Crippen LogP contribution in [0.15, 0.2) is 72.9 Å². The van der Waals surface area contributed by atoms with Crippen LogP contribution in [-0.4, -0.2) is 23.7 Å². The first-order chi connectivity index (χ1) is 13.2. The van der Waals surface area contributed by atoms with Crippen LogP contribution in [0, 0.1) is 0 Å². The van der Waals surface area contributed by atoms with Gasteiger partial charge in [-0.2, -0.15) is 0 Å². The minimum absolute atomic E-state index is 0.0150. The van der Waals surface area contributed by atoms with Gasteiger partial charge in [0.25, 0.3) is 0 Å². The van der Waals surface area contributed by atoms with Crippen molar-refractivity contribution in [3.05, 3.63) is 72.9 Å². The van der Waals surface area contributed by atoms with Crippen molar-refractivity contribution in [3.8, 4) is 0 Å². The summed E-state index contributed by atoms with van der Waals surface area (Å²) in [6.07, 6.45) is 31.7. The van der Waals surface area contributed by atoms with Crippen molar-refractivity contribution in [2.75, 3.05) is 6.61 Å². The molecule has 0 bridgehead atoms. The molecule has 0 saturated heterocycles. The predicted molar refractivity (Wildman–Crippen MR) is 118 cm³/mol. The summed E-state index contributed by atoms with van der Waals surface area (Å²) in [5.41, 5.74) is 0. The van der Waals surface area contributed by atoms with Crippen molar-refractivity contribution in [1.82, 2.24) is 5.32 Å². The van der Waals surface area contributed by atoms with Gasteiger partial charge in [-0.1, -0.05) is 79.8 Å². The Kier molecular flexibility index (Phi) is 18.6. The van der Waals surface area contributed by atoms with Gasteiger partial charge in [0, 0.05) is 12.5 Å². The molecule has 1 amide bonds. The van der Waals surface area contributed by atoms with Crippen LogP contribution in [0.1, 0.15) is 58.8 Å². The summed E-state index contributed by atoms with van der Waals surface area (Å²) in [4.78, 5) is 11.5. The van der Waals surface area contributed by atoms with E-state index < -0.39 is 0 Å². The third-order valence-corrected chi connectivity index (χ3v) is 3.59. The molecule has 1 atom stereocenters. The van der Waals surface area contributed by atoms with E-state index in [0.717, 1.165) is 38.5 Å². The molecule has 3 heteroatoms. The SMILES string of the molecule is CC/C=C\C/C=C\C/C=C\C=C/C/C=C\C/C=C\CCC(=O)N[C@H](C)CO. The number of aliphatic hydroxyl groups is 1. The van der Waals surface area contributed by atoms with Crippen LogP contribution in [0.2, 0.25) is 0 Å². The molecule has 150 valence electrons. The average molecular weight is 372 g/mol. The van der Waals surface area contributed by atoms with Crippen molar-refractivity contribution in [1.29, 1.82) is 0 Å². The van der Waals surface area contributed by atoms with E-state index in [2.05, 4.69) is 79.1 Å². The van der Waals surface area contributed by atoms with E-state index in [1.807, 2.05) is 6.08 Å². The van der Waals surface area contributed by atoms with Crippen LogP contribution in [0.25, 0.3) is 0 Å². The Hall–Kier alpha value is -2.13. The standard InChI is InChI=1S/C24H37NO2/c1-3-4-5-6-7-8-9-10-11-12-13-14-15-16-17-18-19-20-21-24(27)25-23(2)22-26/h4-5,7-8,10-13,15-16,18-19,23,26H,3,6,9,14,17,20-22H2,1-2H3,(H,25,27)/b5-4-,8-7-,11-10-,13-12-,16-15-,19-18-/t23-/m1/s1. The lowest BCUT2D eigenvalue weighted by Gasteiger charge is -2.09. The van der Waals surface area contributed by atoms with Gasteiger partial charge in [0.2, 0.25) is 5.91 Å². The number of carbonyl (C=O) groups excluding carboxylic acids is 1. The van der Waals surface area contributed by atoms with E-state index in [-0.39, 0.29) is 18.6 Å². The molecule has 3 nitrogen and oxygen atoms in total. The van der Waals surface area contributed by atoms with Crippen LogP contribution in [0.3, 0.4) is 0 Å². The molecule has 0 spiro atoms. The quantitative estimate of drug-likeness (QED) is 0.292. The highest BCUT2D eigenvalue weighted by atomic mass is 16.3. The maximum Gasteiger partial charge on any atom is 0.220 e. The predicted octanol–water partition coefficient (Wildman–Crippen LogP) is 5.57. The summed E-state index contributed by atoms with van der Waals surface area (Å²) in [6.45, 7) is 3.91. The molecule has 0 unspecified atom stereocenters. The summed E-state index contributed by atoms with van der Waals surface area (Å²) in [5.74, 6) is -0.0150. The highest BCUT2D eigenvalue weighted by molar-refractivity contribution is 5.76. The zero-order valence-electron chi connectivity index (χ0n) is 17.0. The largest absolute Gasteiger partial charge is 0.394 e. The van der Waals surface area contributed by atoms with E-state index in [9.17, 15) is 4.79 Å². The Morgan fingerprint density at radius 3 is 1.81 bits per heavy atom. The number of carbonyl (C=O) groups is 1. The molecule has 0 heterocycles. The number of nitrogens with one attached hydrogen (secondary N) is 1. The number of hydrogen-bond acceptors (Lipinski definition) is 2. The maximum atomic E-state index is 11.5. The first-order valence-corrected chi connectivity index (χ1v) is 10.0. The van der Waals surface area contributed by atoms with Crippen LogP contribution in [0.5, 0.6) is 0 Å². The van der Waals surface area contributed by atoms with E-state index in [1.54, 1.807) is 6.92 Å². The van der Waals surface area contributed by atoms with Gasteiger partial charge in [0.1, 0.15) is 0 Å². The minimum atomic E-state index is -0.170. The van der Waals surface area contributed by atoms with Gasteiger partial charge in [0.15, 0.2) is 0 Å². The fourth-order valence-electron chi connectivity index (χ4n) is 2.10. The summed E-state index contributed by atoms with van der Waals surface area (Å²) < 4.78 is 0. The summed E-state index contributed by atoms with van der Waals surface area (Å²) in [5, 5.41) is 11.6. The van der Waals surface area contributed by atoms with Gasteiger partial charge in [0.05, 0.1) is 6.61 Å². The molecule has 0 aliphatic rings. The van der Waals surface area contributed by atoms with Crippen molar-refractivity contribution in [2.24, 2.45) is 0 Å². The number of rotatable bonds is 15. The smallest absolute Gasteiger partial charge is 0.220 e. The molecule has 0 aliphatic heterocycles. The van der Waals surface area contributed by atoms with E-state index >= 15 is 0 Å². The molecular formula is C24H37NO2. The van der Waals surface area contributed by atoms with Gasteiger partial charge in [-0.25, -0.2) is 0 Å². The molecule has 27 heavy (non-hydrogen) atoms. The molecule has 0 aliphatic carbocycles. The van der Waals surface area contributed by atoms with Crippen molar-refractivity contribution < 1.29 is 9.90 Å². The molecule has 0 aromatic carbocycles. The van der Waals surface area contributed by atoms with Crippen molar-refractivity contribution in [3.63, 3.8) is 0 Å². The molecule has 0 fully saturated rings. The van der Waals surface area contributed by atoms with Gasteiger partial charge < -0.3 is 10.4 Å². The second-order valence-corrected chi connectivity index (χ2v) is 6.28. The summed E-state index contributed by atoms with van der Waals surface area (Å²) in [6, 6.07) is -0.170. The molecule has 0 saturated carbocycles. The zero-order chi connectivity index (χ0) is 20.0. The van der Waals surface area contributed by atoms with Gasteiger partial charge in [-0.05, 0) is 45.4 Å². The maximum absolute atomic E-state index is 11.5. The van der Waals surface area contributed by atoms with Crippen LogP contribution in [0.4, 0.5) is 0 Å². The van der Waals surface area contributed by atoms with E-state index in [4.69, 9.17) is 5.11 Å². The fourth-order valence-corrected chi connectivity index (χ4v) is 2.10. The van der Waals surface area contributed by atoms with Crippen LogP contribution in [-0.2, 0) is 4.79 Å². The fraction of sp³-hybridized carbons (Fsp3) is 0.458. The lowest BCUT2D eigenvalue weighted by molar-refractivity contribution is -0.121. The minimum Gasteiger partial charge on any atom is -0.394 e. The lowest BCUT2D eigenvalue weighted by atomic mass is 10.2. The Morgan fingerprint density at radius 1 is 0.815 bits per heavy atom. The van der Waals surface area contributed by atoms with Gasteiger partial charge in [-0.3, -0.25) is 4.79 Å². The van der Waals surface area contributed by atoms with Crippen LogP contribution >= 0.6 is 0 Å². The van der Waals surface area contributed by atoms with E-state index in [1.165, 1.54) is 0 Å². The highest BCUT2D eigenvalue weighted by Crippen LogP contribution is 1.97. The van der Waals surface area contributed by atoms with Crippen molar-refractivity contribution >= 4 is 5.91 Å². The normalized spacial score (nSPS) is 14.0. The number of aliphatic hydroxyl groups excluding tert-OH is 1. The zero-order valence-corrected chi connectivity index (χ0v) is 17.0. The highest BCUT2D eigenvalue weighted by Gasteiger charge is 2.03. The first kappa shape index (κ1) is 24.9. The van der Waals surface area contributed by atoms with E-state index in [0.29, 0.717) is 6.42 Å². The molecule has 0 rings (SSSR count). The molecule has 0 aromatic rings.